The Hall–Kier alpha value is -2.40. The van der Waals surface area contributed by atoms with Crippen molar-refractivity contribution in [1.29, 1.82) is 0 Å². The molecule has 0 radical (unpaired) electrons. The van der Waals surface area contributed by atoms with Crippen LogP contribution in [0.5, 0.6) is 0 Å². The molecule has 0 fully saturated rings. The predicted molar refractivity (Wildman–Crippen MR) is 69.0 cm³/mol. The second-order valence-corrected chi connectivity index (χ2v) is 3.75. The minimum atomic E-state index is -0.337. The van der Waals surface area contributed by atoms with Crippen molar-refractivity contribution >= 4 is 17.3 Å². The number of amides is 1. The van der Waals surface area contributed by atoms with Gasteiger partial charge in [-0.2, -0.15) is 0 Å². The highest BCUT2D eigenvalue weighted by Gasteiger charge is 2.09. The van der Waals surface area contributed by atoms with Crippen LogP contribution in [0.3, 0.4) is 0 Å². The summed E-state index contributed by atoms with van der Waals surface area (Å²) in [5.41, 5.74) is 7.50. The highest BCUT2D eigenvalue weighted by atomic mass is 16.3. The molecular weight excluding hydrogens is 230 g/mol. The van der Waals surface area contributed by atoms with Gasteiger partial charge in [-0.3, -0.25) is 4.79 Å². The fourth-order valence-electron chi connectivity index (χ4n) is 1.51. The smallest absolute Gasteiger partial charge is 0.274 e. The van der Waals surface area contributed by atoms with Gasteiger partial charge in [0.2, 0.25) is 0 Å². The van der Waals surface area contributed by atoms with Crippen LogP contribution in [0.15, 0.2) is 42.6 Å². The van der Waals surface area contributed by atoms with Gasteiger partial charge in [-0.1, -0.05) is 18.2 Å². The van der Waals surface area contributed by atoms with Gasteiger partial charge >= 0.3 is 0 Å². The average molecular weight is 243 g/mol. The van der Waals surface area contributed by atoms with E-state index in [4.69, 9.17) is 10.8 Å². The summed E-state index contributed by atoms with van der Waals surface area (Å²) in [4.78, 5) is 15.8. The van der Waals surface area contributed by atoms with Gasteiger partial charge in [-0.15, -0.1) is 0 Å². The van der Waals surface area contributed by atoms with Gasteiger partial charge in [0.15, 0.2) is 0 Å². The van der Waals surface area contributed by atoms with Crippen LogP contribution in [0.4, 0.5) is 11.4 Å². The number of carbonyl (C=O) groups excluding carboxylic acids is 1. The third kappa shape index (κ3) is 2.64. The van der Waals surface area contributed by atoms with Gasteiger partial charge in [-0.25, -0.2) is 4.98 Å². The molecule has 0 atom stereocenters. The molecule has 5 nitrogen and oxygen atoms in total. The number of anilines is 2. The van der Waals surface area contributed by atoms with Crippen molar-refractivity contribution in [3.8, 4) is 0 Å². The van der Waals surface area contributed by atoms with E-state index >= 15 is 0 Å². The molecule has 4 N–H and O–H groups in total. The van der Waals surface area contributed by atoms with E-state index in [0.717, 1.165) is 0 Å². The first-order valence-electron chi connectivity index (χ1n) is 5.42. The Kier molecular flexibility index (Phi) is 3.54. The first-order chi connectivity index (χ1) is 8.70. The number of aliphatic hydroxyl groups excluding tert-OH is 1. The number of nitrogens with zero attached hydrogens (tertiary/aromatic N) is 1. The topological polar surface area (TPSA) is 88.2 Å². The van der Waals surface area contributed by atoms with Crippen LogP contribution in [0.25, 0.3) is 0 Å². The lowest BCUT2D eigenvalue weighted by molar-refractivity contribution is 0.102. The number of hydrogen-bond donors (Lipinski definition) is 3. The molecular formula is C13H13N3O2. The highest BCUT2D eigenvalue weighted by Crippen LogP contribution is 2.15. The van der Waals surface area contributed by atoms with Crippen LogP contribution in [0.2, 0.25) is 0 Å². The Bertz CT molecular complexity index is 552. The van der Waals surface area contributed by atoms with Crippen molar-refractivity contribution in [1.82, 2.24) is 4.98 Å². The van der Waals surface area contributed by atoms with E-state index in [2.05, 4.69) is 10.3 Å². The van der Waals surface area contributed by atoms with Gasteiger partial charge in [-0.05, 0) is 18.2 Å². The van der Waals surface area contributed by atoms with Crippen LogP contribution in [-0.4, -0.2) is 16.0 Å². The molecule has 2 rings (SSSR count). The summed E-state index contributed by atoms with van der Waals surface area (Å²) in [6, 6.07) is 10.2. The first-order valence-corrected chi connectivity index (χ1v) is 5.42. The lowest BCUT2D eigenvalue weighted by atomic mass is 10.2. The number of nitrogens with one attached hydrogen (secondary N) is 1. The number of hydrogen-bond acceptors (Lipinski definition) is 4. The second kappa shape index (κ2) is 5.29. The van der Waals surface area contributed by atoms with E-state index in [1.165, 1.54) is 6.20 Å². The number of pyridine rings is 1. The van der Waals surface area contributed by atoms with E-state index in [9.17, 15) is 4.79 Å². The zero-order valence-electron chi connectivity index (χ0n) is 9.63. The number of aromatic nitrogens is 1. The lowest BCUT2D eigenvalue weighted by Gasteiger charge is -2.08. The summed E-state index contributed by atoms with van der Waals surface area (Å²) in [5.74, 6) is -0.337. The molecule has 1 aromatic heterocycles. The van der Waals surface area contributed by atoms with Gasteiger partial charge in [0.05, 0.1) is 18.5 Å². The molecule has 0 saturated heterocycles. The number of aliphatic hydroxyl groups is 1. The maximum atomic E-state index is 11.9. The Morgan fingerprint density at radius 1 is 1.28 bits per heavy atom. The molecule has 2 aromatic rings. The maximum Gasteiger partial charge on any atom is 0.274 e. The van der Waals surface area contributed by atoms with E-state index in [0.29, 0.717) is 16.9 Å². The summed E-state index contributed by atoms with van der Waals surface area (Å²) < 4.78 is 0. The summed E-state index contributed by atoms with van der Waals surface area (Å²) in [7, 11) is 0. The van der Waals surface area contributed by atoms with Gasteiger partial charge < -0.3 is 16.2 Å². The molecule has 0 aliphatic heterocycles. The number of carbonyl (C=O) groups is 1. The largest absolute Gasteiger partial charge is 0.397 e. The van der Waals surface area contributed by atoms with Crippen molar-refractivity contribution in [2.24, 2.45) is 0 Å². The van der Waals surface area contributed by atoms with Crippen molar-refractivity contribution in [2.45, 2.75) is 6.61 Å². The third-order valence-electron chi connectivity index (χ3n) is 2.45. The minimum Gasteiger partial charge on any atom is -0.397 e. The molecule has 0 unspecified atom stereocenters. The van der Waals surface area contributed by atoms with Crippen molar-refractivity contribution in [3.63, 3.8) is 0 Å². The summed E-state index contributed by atoms with van der Waals surface area (Å²) in [6.07, 6.45) is 1.42. The standard InChI is InChI=1S/C13H13N3O2/c14-10-5-6-12(15-7-10)13(18)16-11-4-2-1-3-9(11)8-17/h1-7,17H,8,14H2,(H,16,18). The SMILES string of the molecule is Nc1ccc(C(=O)Nc2ccccc2CO)nc1. The Labute approximate surface area is 104 Å². The lowest BCUT2D eigenvalue weighted by Crippen LogP contribution is -2.14. The van der Waals surface area contributed by atoms with Crippen LogP contribution in [0.1, 0.15) is 16.1 Å². The monoisotopic (exact) mass is 243 g/mol. The van der Waals surface area contributed by atoms with E-state index in [-0.39, 0.29) is 18.2 Å². The number of para-hydroxylation sites is 1. The molecule has 0 aliphatic carbocycles. The molecule has 0 spiro atoms. The van der Waals surface area contributed by atoms with E-state index < -0.39 is 0 Å². The van der Waals surface area contributed by atoms with Crippen molar-refractivity contribution in [2.75, 3.05) is 11.1 Å². The van der Waals surface area contributed by atoms with Crippen LogP contribution in [-0.2, 0) is 6.61 Å². The molecule has 0 saturated carbocycles. The van der Waals surface area contributed by atoms with Gasteiger partial charge in [0.25, 0.3) is 5.91 Å². The normalized spacial score (nSPS) is 10.1. The minimum absolute atomic E-state index is 0.133. The number of rotatable bonds is 3. The zero-order valence-corrected chi connectivity index (χ0v) is 9.63. The first kappa shape index (κ1) is 12.1. The summed E-state index contributed by atoms with van der Waals surface area (Å²) in [5, 5.41) is 11.8. The Morgan fingerprint density at radius 3 is 2.72 bits per heavy atom. The summed E-state index contributed by atoms with van der Waals surface area (Å²) >= 11 is 0. The molecule has 1 amide bonds. The van der Waals surface area contributed by atoms with Crippen molar-refractivity contribution < 1.29 is 9.90 Å². The fraction of sp³-hybridized carbons (Fsp3) is 0.0769. The van der Waals surface area contributed by atoms with E-state index in [1.807, 2.05) is 0 Å². The van der Waals surface area contributed by atoms with E-state index in [1.54, 1.807) is 36.4 Å². The third-order valence-corrected chi connectivity index (χ3v) is 2.45. The maximum absolute atomic E-state index is 11.9. The zero-order chi connectivity index (χ0) is 13.0. The molecule has 1 heterocycles. The van der Waals surface area contributed by atoms with Crippen LogP contribution < -0.4 is 11.1 Å². The molecule has 5 heteroatoms. The van der Waals surface area contributed by atoms with Crippen LogP contribution >= 0.6 is 0 Å². The summed E-state index contributed by atoms with van der Waals surface area (Å²) in [6.45, 7) is -0.133. The molecule has 92 valence electrons. The van der Waals surface area contributed by atoms with Crippen molar-refractivity contribution in [3.05, 3.63) is 53.9 Å². The molecule has 1 aromatic carbocycles. The average Bonchev–Trinajstić information content (AvgIpc) is 2.40. The highest BCUT2D eigenvalue weighted by molar-refractivity contribution is 6.03. The quantitative estimate of drug-likeness (QED) is 0.760. The fourth-order valence-corrected chi connectivity index (χ4v) is 1.51. The number of benzene rings is 1. The molecule has 0 bridgehead atoms. The predicted octanol–water partition coefficient (Wildman–Crippen LogP) is 1.41. The Balaban J connectivity index is 2.18. The Morgan fingerprint density at radius 2 is 2.06 bits per heavy atom. The molecule has 0 aliphatic rings. The van der Waals surface area contributed by atoms with Crippen LogP contribution in [0, 0.1) is 0 Å². The van der Waals surface area contributed by atoms with Gasteiger partial charge in [0.1, 0.15) is 5.69 Å². The second-order valence-electron chi connectivity index (χ2n) is 3.75. The van der Waals surface area contributed by atoms with Gasteiger partial charge in [0, 0.05) is 11.3 Å². The molecule has 18 heavy (non-hydrogen) atoms. The number of nitrogens with two attached hydrogens (primary N) is 1. The number of nitrogen functional groups attached to an aromatic ring is 1.